The summed E-state index contributed by atoms with van der Waals surface area (Å²) in [6.07, 6.45) is 5.22. The van der Waals surface area contributed by atoms with E-state index >= 15 is 0 Å². The molecule has 1 fully saturated rings. The average molecular weight is 226 g/mol. The molecule has 1 N–H and O–H groups in total. The summed E-state index contributed by atoms with van der Waals surface area (Å²) in [4.78, 5) is 2.69. The molecular formula is C14H30N2. The molecule has 1 saturated heterocycles. The molecule has 1 aliphatic heterocycles. The molecular weight excluding hydrogens is 196 g/mol. The van der Waals surface area contributed by atoms with Crippen molar-refractivity contribution < 1.29 is 0 Å². The second kappa shape index (κ2) is 6.02. The van der Waals surface area contributed by atoms with Crippen LogP contribution in [0.5, 0.6) is 0 Å². The topological polar surface area (TPSA) is 15.3 Å². The number of likely N-dealkylation sites (tertiary alicyclic amines) is 1. The molecule has 16 heavy (non-hydrogen) atoms. The van der Waals surface area contributed by atoms with E-state index in [-0.39, 0.29) is 0 Å². The fourth-order valence-corrected chi connectivity index (χ4v) is 3.06. The van der Waals surface area contributed by atoms with Gasteiger partial charge in [0.2, 0.25) is 0 Å². The van der Waals surface area contributed by atoms with Crippen LogP contribution < -0.4 is 5.32 Å². The van der Waals surface area contributed by atoms with Crippen LogP contribution in [-0.2, 0) is 0 Å². The van der Waals surface area contributed by atoms with Gasteiger partial charge < -0.3 is 5.32 Å². The average Bonchev–Trinajstić information content (AvgIpc) is 2.55. The first-order valence-corrected chi connectivity index (χ1v) is 6.97. The lowest BCUT2D eigenvalue weighted by atomic mass is 9.99. The predicted octanol–water partition coefficient (Wildman–Crippen LogP) is 3.03. The van der Waals surface area contributed by atoms with Gasteiger partial charge in [0.15, 0.2) is 0 Å². The predicted molar refractivity (Wildman–Crippen MR) is 71.9 cm³/mol. The van der Waals surface area contributed by atoms with Gasteiger partial charge in [0.05, 0.1) is 0 Å². The lowest BCUT2D eigenvalue weighted by Crippen LogP contribution is -2.46. The van der Waals surface area contributed by atoms with Crippen LogP contribution in [0.3, 0.4) is 0 Å². The molecule has 0 bridgehead atoms. The van der Waals surface area contributed by atoms with Gasteiger partial charge in [-0.15, -0.1) is 0 Å². The standard InChI is InChI=1S/C14H30N2/c1-6-9-15-12(2)11-13(3)16-10-7-8-14(16,4)5/h12-13,15H,6-11H2,1-5H3. The van der Waals surface area contributed by atoms with Crippen LogP contribution in [0.4, 0.5) is 0 Å². The summed E-state index contributed by atoms with van der Waals surface area (Å²) in [7, 11) is 0. The van der Waals surface area contributed by atoms with E-state index in [9.17, 15) is 0 Å². The molecule has 0 aromatic heterocycles. The normalized spacial score (nSPS) is 24.6. The monoisotopic (exact) mass is 226 g/mol. The van der Waals surface area contributed by atoms with Crippen molar-refractivity contribution in [3.63, 3.8) is 0 Å². The minimum atomic E-state index is 0.421. The van der Waals surface area contributed by atoms with Gasteiger partial charge in [-0.2, -0.15) is 0 Å². The van der Waals surface area contributed by atoms with Gasteiger partial charge >= 0.3 is 0 Å². The summed E-state index contributed by atoms with van der Waals surface area (Å²) in [5.74, 6) is 0. The highest BCUT2D eigenvalue weighted by Crippen LogP contribution is 2.31. The Bertz CT molecular complexity index is 201. The Hall–Kier alpha value is -0.0800. The Morgan fingerprint density at radius 3 is 2.50 bits per heavy atom. The van der Waals surface area contributed by atoms with Crippen LogP contribution >= 0.6 is 0 Å². The lowest BCUT2D eigenvalue weighted by molar-refractivity contribution is 0.113. The first kappa shape index (κ1) is 14.0. The van der Waals surface area contributed by atoms with E-state index in [1.807, 2.05) is 0 Å². The molecule has 96 valence electrons. The molecule has 2 unspecified atom stereocenters. The molecule has 0 aromatic rings. The highest BCUT2D eigenvalue weighted by Gasteiger charge is 2.34. The van der Waals surface area contributed by atoms with Crippen LogP contribution in [0.25, 0.3) is 0 Å². The summed E-state index contributed by atoms with van der Waals surface area (Å²) in [6.45, 7) is 14.1. The summed E-state index contributed by atoms with van der Waals surface area (Å²) in [5, 5.41) is 3.59. The second-order valence-electron chi connectivity index (χ2n) is 6.05. The minimum Gasteiger partial charge on any atom is -0.314 e. The molecule has 2 heteroatoms. The summed E-state index contributed by atoms with van der Waals surface area (Å²) >= 11 is 0. The Morgan fingerprint density at radius 2 is 2.00 bits per heavy atom. The molecule has 0 aliphatic carbocycles. The zero-order chi connectivity index (χ0) is 12.2. The third kappa shape index (κ3) is 3.74. The van der Waals surface area contributed by atoms with Crippen LogP contribution in [0.2, 0.25) is 0 Å². The summed E-state index contributed by atoms with van der Waals surface area (Å²) in [6, 6.07) is 1.35. The summed E-state index contributed by atoms with van der Waals surface area (Å²) < 4.78 is 0. The van der Waals surface area contributed by atoms with Crippen LogP contribution in [-0.4, -0.2) is 35.6 Å². The van der Waals surface area contributed by atoms with E-state index in [0.29, 0.717) is 17.6 Å². The molecule has 0 spiro atoms. The first-order valence-electron chi connectivity index (χ1n) is 6.97. The Balaban J connectivity index is 2.36. The van der Waals surface area contributed by atoms with Crippen LogP contribution in [0.1, 0.15) is 60.3 Å². The van der Waals surface area contributed by atoms with E-state index in [2.05, 4.69) is 44.8 Å². The number of rotatable bonds is 6. The SMILES string of the molecule is CCCNC(C)CC(C)N1CCCC1(C)C. The molecule has 2 atom stereocenters. The fourth-order valence-electron chi connectivity index (χ4n) is 3.06. The van der Waals surface area contributed by atoms with Crippen LogP contribution in [0.15, 0.2) is 0 Å². The highest BCUT2D eigenvalue weighted by molar-refractivity contribution is 4.91. The quantitative estimate of drug-likeness (QED) is 0.749. The van der Waals surface area contributed by atoms with Gasteiger partial charge in [0.25, 0.3) is 0 Å². The van der Waals surface area contributed by atoms with Crippen molar-refractivity contribution in [2.24, 2.45) is 0 Å². The summed E-state index contributed by atoms with van der Waals surface area (Å²) in [5.41, 5.74) is 0.421. The molecule has 2 nitrogen and oxygen atoms in total. The highest BCUT2D eigenvalue weighted by atomic mass is 15.2. The third-order valence-electron chi connectivity index (χ3n) is 3.93. The number of hydrogen-bond donors (Lipinski definition) is 1. The van der Waals surface area contributed by atoms with Gasteiger partial charge in [0.1, 0.15) is 0 Å². The molecule has 1 heterocycles. The molecule has 0 amide bonds. The largest absolute Gasteiger partial charge is 0.314 e. The third-order valence-corrected chi connectivity index (χ3v) is 3.93. The van der Waals surface area contributed by atoms with Gasteiger partial charge in [-0.25, -0.2) is 0 Å². The maximum Gasteiger partial charge on any atom is 0.0156 e. The lowest BCUT2D eigenvalue weighted by Gasteiger charge is -2.38. The van der Waals surface area contributed by atoms with Crippen molar-refractivity contribution in [3.8, 4) is 0 Å². The van der Waals surface area contributed by atoms with Gasteiger partial charge in [-0.3, -0.25) is 4.90 Å². The first-order chi connectivity index (χ1) is 7.47. The van der Waals surface area contributed by atoms with Crippen molar-refractivity contribution in [1.29, 1.82) is 0 Å². The molecule has 0 aromatic carbocycles. The Morgan fingerprint density at radius 1 is 1.31 bits per heavy atom. The van der Waals surface area contributed by atoms with Gasteiger partial charge in [-0.1, -0.05) is 6.92 Å². The zero-order valence-corrected chi connectivity index (χ0v) is 11.8. The zero-order valence-electron chi connectivity index (χ0n) is 11.8. The molecule has 1 rings (SSSR count). The van der Waals surface area contributed by atoms with Crippen molar-refractivity contribution in [1.82, 2.24) is 10.2 Å². The smallest absolute Gasteiger partial charge is 0.0156 e. The Kier molecular flexibility index (Phi) is 5.26. The van der Waals surface area contributed by atoms with Crippen molar-refractivity contribution >= 4 is 0 Å². The molecule has 0 saturated carbocycles. The second-order valence-corrected chi connectivity index (χ2v) is 6.05. The van der Waals surface area contributed by atoms with Gasteiger partial charge in [-0.05, 0) is 66.5 Å². The molecule has 0 radical (unpaired) electrons. The maximum absolute atomic E-state index is 3.59. The minimum absolute atomic E-state index is 0.421. The van der Waals surface area contributed by atoms with E-state index in [1.54, 1.807) is 0 Å². The van der Waals surface area contributed by atoms with Crippen molar-refractivity contribution in [2.45, 2.75) is 77.9 Å². The van der Waals surface area contributed by atoms with Gasteiger partial charge in [0, 0.05) is 17.6 Å². The van der Waals surface area contributed by atoms with Crippen LogP contribution in [0, 0.1) is 0 Å². The number of hydrogen-bond acceptors (Lipinski definition) is 2. The van der Waals surface area contributed by atoms with E-state index in [0.717, 1.165) is 6.54 Å². The van der Waals surface area contributed by atoms with E-state index in [4.69, 9.17) is 0 Å². The number of nitrogens with one attached hydrogen (secondary N) is 1. The number of nitrogens with zero attached hydrogens (tertiary/aromatic N) is 1. The fraction of sp³-hybridized carbons (Fsp3) is 1.00. The Labute approximate surface area is 102 Å². The van der Waals surface area contributed by atoms with E-state index in [1.165, 1.54) is 32.2 Å². The molecule has 1 aliphatic rings. The maximum atomic E-state index is 3.59. The van der Waals surface area contributed by atoms with E-state index < -0.39 is 0 Å². The van der Waals surface area contributed by atoms with Crippen molar-refractivity contribution in [3.05, 3.63) is 0 Å². The van der Waals surface area contributed by atoms with Crippen molar-refractivity contribution in [2.75, 3.05) is 13.1 Å².